The summed E-state index contributed by atoms with van der Waals surface area (Å²) in [5, 5.41) is 18.9. The van der Waals surface area contributed by atoms with Crippen LogP contribution >= 0.6 is 0 Å². The average Bonchev–Trinajstić information content (AvgIpc) is 3.00. The number of carbonyl (C=O) groups is 2. The third-order valence-electron chi connectivity index (χ3n) is 6.69. The van der Waals surface area contributed by atoms with E-state index in [2.05, 4.69) is 19.8 Å². The van der Waals surface area contributed by atoms with E-state index in [9.17, 15) is 19.8 Å². The lowest BCUT2D eigenvalue weighted by molar-refractivity contribution is 0.0679. The lowest BCUT2D eigenvalue weighted by Gasteiger charge is -2.28. The summed E-state index contributed by atoms with van der Waals surface area (Å²) in [7, 11) is 3.25. The Kier molecular flexibility index (Phi) is 10.6. The highest BCUT2D eigenvalue weighted by molar-refractivity contribution is 5.85. The number of benzene rings is 2. The van der Waals surface area contributed by atoms with Gasteiger partial charge in [0, 0.05) is 39.3 Å². The van der Waals surface area contributed by atoms with E-state index < -0.39 is 11.9 Å². The van der Waals surface area contributed by atoms with Gasteiger partial charge >= 0.3 is 11.9 Å². The Morgan fingerprint density at radius 3 is 1.31 bits per heavy atom. The smallest absolute Gasteiger partial charge is 0.354 e. The molecule has 0 spiro atoms. The number of nitrogens with zero attached hydrogens (tertiary/aromatic N) is 4. The van der Waals surface area contributed by atoms with Gasteiger partial charge in [0.1, 0.15) is 22.9 Å². The molecule has 0 fully saturated rings. The molecule has 42 heavy (non-hydrogen) atoms. The minimum atomic E-state index is -1.07. The summed E-state index contributed by atoms with van der Waals surface area (Å²) in [6.45, 7) is 3.34. The normalized spacial score (nSPS) is 11.0. The van der Waals surface area contributed by atoms with Crippen LogP contribution < -0.4 is 9.47 Å². The molecule has 0 saturated carbocycles. The molecule has 0 bridgehead atoms. The zero-order valence-electron chi connectivity index (χ0n) is 23.6. The fourth-order valence-corrected chi connectivity index (χ4v) is 4.52. The van der Waals surface area contributed by atoms with Gasteiger partial charge in [0.2, 0.25) is 0 Å². The van der Waals surface area contributed by atoms with Crippen LogP contribution in [-0.4, -0.2) is 69.2 Å². The highest BCUT2D eigenvalue weighted by Crippen LogP contribution is 2.17. The Bertz CT molecular complexity index is 1360. The van der Waals surface area contributed by atoms with Crippen molar-refractivity contribution < 1.29 is 29.3 Å². The van der Waals surface area contributed by atoms with E-state index >= 15 is 0 Å². The van der Waals surface area contributed by atoms with Crippen LogP contribution in [0.25, 0.3) is 0 Å². The molecule has 0 amide bonds. The Hall–Kier alpha value is -4.80. The van der Waals surface area contributed by atoms with Crippen molar-refractivity contribution in [1.82, 2.24) is 19.8 Å². The summed E-state index contributed by atoms with van der Waals surface area (Å²) in [4.78, 5) is 36.1. The van der Waals surface area contributed by atoms with Gasteiger partial charge in [-0.1, -0.05) is 36.4 Å². The van der Waals surface area contributed by atoms with Gasteiger partial charge in [-0.3, -0.25) is 9.80 Å². The lowest BCUT2D eigenvalue weighted by atomic mass is 10.1. The molecule has 0 atom stereocenters. The van der Waals surface area contributed by atoms with Gasteiger partial charge in [-0.25, -0.2) is 19.6 Å². The maximum Gasteiger partial charge on any atom is 0.354 e. The first-order chi connectivity index (χ1) is 20.3. The third kappa shape index (κ3) is 8.85. The van der Waals surface area contributed by atoms with Gasteiger partial charge in [-0.2, -0.15) is 0 Å². The van der Waals surface area contributed by atoms with Crippen LogP contribution in [0, 0.1) is 0 Å². The predicted molar refractivity (Wildman–Crippen MR) is 157 cm³/mol. The Morgan fingerprint density at radius 2 is 0.976 bits per heavy atom. The van der Waals surface area contributed by atoms with Gasteiger partial charge in [0.25, 0.3) is 0 Å². The number of ether oxygens (including phenoxy) is 2. The van der Waals surface area contributed by atoms with Crippen molar-refractivity contribution in [3.63, 3.8) is 0 Å². The summed E-state index contributed by atoms with van der Waals surface area (Å²) in [6, 6.07) is 25.7. The molecule has 0 aliphatic carbocycles. The molecule has 4 rings (SSSR count). The first-order valence-electron chi connectivity index (χ1n) is 13.4. The number of carboxylic acids is 2. The van der Waals surface area contributed by atoms with E-state index in [4.69, 9.17) is 9.47 Å². The third-order valence-corrected chi connectivity index (χ3v) is 6.69. The molecule has 2 aromatic heterocycles. The number of hydrogen-bond donors (Lipinski definition) is 2. The van der Waals surface area contributed by atoms with Gasteiger partial charge in [-0.05, 0) is 59.7 Å². The molecule has 2 N–H and O–H groups in total. The molecule has 0 aliphatic rings. The molecule has 0 unspecified atom stereocenters. The van der Waals surface area contributed by atoms with Crippen molar-refractivity contribution >= 4 is 11.9 Å². The molecule has 0 aliphatic heterocycles. The Morgan fingerprint density at radius 1 is 0.595 bits per heavy atom. The Labute approximate surface area is 244 Å². The van der Waals surface area contributed by atoms with Crippen LogP contribution in [0.2, 0.25) is 0 Å². The van der Waals surface area contributed by atoms with E-state index in [1.807, 2.05) is 60.7 Å². The predicted octanol–water partition coefficient (Wildman–Crippen LogP) is 4.59. The summed E-state index contributed by atoms with van der Waals surface area (Å²) in [5.74, 6) is -0.605. The topological polar surface area (TPSA) is 125 Å². The largest absolute Gasteiger partial charge is 0.497 e. The van der Waals surface area contributed by atoms with Crippen LogP contribution in [-0.2, 0) is 26.2 Å². The van der Waals surface area contributed by atoms with E-state index in [0.29, 0.717) is 50.7 Å². The first-order valence-corrected chi connectivity index (χ1v) is 13.4. The van der Waals surface area contributed by atoms with E-state index in [1.165, 1.54) is 12.1 Å². The van der Waals surface area contributed by atoms with Gasteiger partial charge in [0.15, 0.2) is 0 Å². The maximum atomic E-state index is 11.5. The minimum absolute atomic E-state index is 0.00224. The molecule has 2 aromatic carbocycles. The molecular formula is C32H34N4O6. The van der Waals surface area contributed by atoms with Crippen molar-refractivity contribution in [2.75, 3.05) is 27.3 Å². The molecule has 2 heterocycles. The number of aromatic carboxylic acids is 2. The van der Waals surface area contributed by atoms with Crippen LogP contribution in [0.1, 0.15) is 43.5 Å². The zero-order valence-corrected chi connectivity index (χ0v) is 23.6. The first kappa shape index (κ1) is 30.2. The zero-order chi connectivity index (χ0) is 29.9. The molecule has 0 saturated heterocycles. The van der Waals surface area contributed by atoms with Crippen molar-refractivity contribution in [3.8, 4) is 11.5 Å². The second-order valence-electron chi connectivity index (χ2n) is 9.76. The standard InChI is InChI=1S/C32H34N4O6/c1-41-27-13-9-23(10-14-27)19-35(21-25-5-3-7-29(33-25)31(37)38)17-18-36(20-24-11-15-28(42-2)16-12-24)22-26-6-4-8-30(34-26)32(39)40/h3-16H,17-22H2,1-2H3,(H,37,38)(H,39,40). The van der Waals surface area contributed by atoms with Crippen LogP contribution in [0.5, 0.6) is 11.5 Å². The van der Waals surface area contributed by atoms with Crippen molar-refractivity contribution in [2.24, 2.45) is 0 Å². The lowest BCUT2D eigenvalue weighted by Crippen LogP contribution is -2.34. The van der Waals surface area contributed by atoms with Gasteiger partial charge < -0.3 is 19.7 Å². The number of hydrogen-bond acceptors (Lipinski definition) is 8. The fraction of sp³-hybridized carbons (Fsp3) is 0.250. The Balaban J connectivity index is 1.56. The van der Waals surface area contributed by atoms with Gasteiger partial charge in [-0.15, -0.1) is 0 Å². The highest BCUT2D eigenvalue weighted by Gasteiger charge is 2.16. The number of rotatable bonds is 15. The number of pyridine rings is 2. The minimum Gasteiger partial charge on any atom is -0.497 e. The molecule has 10 nitrogen and oxygen atoms in total. The molecule has 218 valence electrons. The second-order valence-corrected chi connectivity index (χ2v) is 9.76. The van der Waals surface area contributed by atoms with E-state index in [1.54, 1.807) is 26.4 Å². The van der Waals surface area contributed by atoms with Crippen molar-refractivity contribution in [2.45, 2.75) is 26.2 Å². The van der Waals surface area contributed by atoms with E-state index in [0.717, 1.165) is 22.6 Å². The monoisotopic (exact) mass is 570 g/mol. The number of carboxylic acid groups (broad SMARTS) is 2. The van der Waals surface area contributed by atoms with Gasteiger partial charge in [0.05, 0.1) is 25.6 Å². The molecule has 10 heteroatoms. The fourth-order valence-electron chi connectivity index (χ4n) is 4.52. The summed E-state index contributed by atoms with van der Waals surface area (Å²) < 4.78 is 10.6. The van der Waals surface area contributed by atoms with Crippen molar-refractivity contribution in [3.05, 3.63) is 119 Å². The maximum absolute atomic E-state index is 11.5. The van der Waals surface area contributed by atoms with Crippen LogP contribution in [0.15, 0.2) is 84.9 Å². The quantitative estimate of drug-likeness (QED) is 0.210. The van der Waals surface area contributed by atoms with E-state index in [-0.39, 0.29) is 11.4 Å². The second kappa shape index (κ2) is 14.7. The molecule has 4 aromatic rings. The van der Waals surface area contributed by atoms with Crippen molar-refractivity contribution in [1.29, 1.82) is 0 Å². The summed E-state index contributed by atoms with van der Waals surface area (Å²) in [5.41, 5.74) is 3.46. The summed E-state index contributed by atoms with van der Waals surface area (Å²) >= 11 is 0. The molecule has 0 radical (unpaired) electrons. The number of aromatic nitrogens is 2. The SMILES string of the molecule is COc1ccc(CN(CCN(Cc2ccc(OC)cc2)Cc2cccc(C(=O)O)n2)Cc2cccc(C(=O)O)n2)cc1. The van der Waals surface area contributed by atoms with Crippen LogP contribution in [0.3, 0.4) is 0 Å². The van der Waals surface area contributed by atoms with Crippen LogP contribution in [0.4, 0.5) is 0 Å². The average molecular weight is 571 g/mol. The number of methoxy groups -OCH3 is 2. The highest BCUT2D eigenvalue weighted by atomic mass is 16.5. The molecular weight excluding hydrogens is 536 g/mol. The summed E-state index contributed by atoms with van der Waals surface area (Å²) in [6.07, 6.45) is 0.